The molecule has 0 aromatic heterocycles. The molecular formula is C17H20N2O3S. The molecule has 0 aliphatic rings. The molecule has 1 N–H and O–H groups in total. The molecule has 0 radical (unpaired) electrons. The maximum Gasteiger partial charge on any atom is 0.272 e. The Labute approximate surface area is 138 Å². The van der Waals surface area contributed by atoms with Crippen molar-refractivity contribution in [2.24, 2.45) is 0 Å². The summed E-state index contributed by atoms with van der Waals surface area (Å²) in [5.41, 5.74) is 3.54. The highest BCUT2D eigenvalue weighted by Crippen LogP contribution is 2.26. The lowest BCUT2D eigenvalue weighted by Gasteiger charge is -2.16. The maximum absolute atomic E-state index is 11.3. The third-order valence-electron chi connectivity index (χ3n) is 3.61. The standard InChI is InChI=1S/C17H20N2O3S/c1-12-7-8-15(10-17(12)19(20)21)13(2)18-16-6-4-5-14(9-16)11-23(3)22/h4-10,13,18H,11H2,1-3H3/t13-,23+/m1/s1. The summed E-state index contributed by atoms with van der Waals surface area (Å²) in [6, 6.07) is 12.9. The third kappa shape index (κ3) is 4.63. The van der Waals surface area contributed by atoms with E-state index in [2.05, 4.69) is 5.32 Å². The number of hydrogen-bond acceptors (Lipinski definition) is 4. The molecule has 6 heteroatoms. The molecule has 0 aliphatic heterocycles. The number of anilines is 1. The smallest absolute Gasteiger partial charge is 0.272 e. The van der Waals surface area contributed by atoms with Gasteiger partial charge in [-0.3, -0.25) is 14.3 Å². The van der Waals surface area contributed by atoms with Crippen molar-refractivity contribution in [1.29, 1.82) is 0 Å². The normalized spacial score (nSPS) is 13.3. The molecule has 0 spiro atoms. The van der Waals surface area contributed by atoms with Crippen LogP contribution in [-0.2, 0) is 16.6 Å². The Morgan fingerprint density at radius 2 is 2.00 bits per heavy atom. The van der Waals surface area contributed by atoms with Gasteiger partial charge in [-0.1, -0.05) is 24.3 Å². The van der Waals surface area contributed by atoms with Crippen LogP contribution >= 0.6 is 0 Å². The molecular weight excluding hydrogens is 312 g/mol. The van der Waals surface area contributed by atoms with Crippen LogP contribution in [0.1, 0.15) is 29.7 Å². The maximum atomic E-state index is 11.3. The van der Waals surface area contributed by atoms with E-state index in [1.807, 2.05) is 37.3 Å². The first kappa shape index (κ1) is 17.1. The summed E-state index contributed by atoms with van der Waals surface area (Å²) in [7, 11) is -0.887. The van der Waals surface area contributed by atoms with E-state index in [1.165, 1.54) is 0 Å². The SMILES string of the molecule is Cc1ccc([C@@H](C)Nc2cccc(C[S@](C)=O)c2)cc1[N+](=O)[O-]. The highest BCUT2D eigenvalue weighted by atomic mass is 32.2. The van der Waals surface area contributed by atoms with Gasteiger partial charge in [0.1, 0.15) is 0 Å². The molecule has 5 nitrogen and oxygen atoms in total. The molecule has 2 aromatic carbocycles. The number of aryl methyl sites for hydroxylation is 1. The highest BCUT2D eigenvalue weighted by molar-refractivity contribution is 7.83. The summed E-state index contributed by atoms with van der Waals surface area (Å²) < 4.78 is 11.3. The van der Waals surface area contributed by atoms with Crippen molar-refractivity contribution >= 4 is 22.2 Å². The Morgan fingerprint density at radius 3 is 2.65 bits per heavy atom. The van der Waals surface area contributed by atoms with Crippen LogP contribution in [0.5, 0.6) is 0 Å². The fourth-order valence-electron chi connectivity index (χ4n) is 2.41. The van der Waals surface area contributed by atoms with Gasteiger partial charge >= 0.3 is 0 Å². The average Bonchev–Trinajstić information content (AvgIpc) is 2.46. The van der Waals surface area contributed by atoms with Crippen LogP contribution in [0.15, 0.2) is 42.5 Å². The second-order valence-corrected chi connectivity index (χ2v) is 7.02. The van der Waals surface area contributed by atoms with Gasteiger partial charge in [-0.25, -0.2) is 0 Å². The summed E-state index contributed by atoms with van der Waals surface area (Å²) >= 11 is 0. The van der Waals surface area contributed by atoms with Crippen molar-refractivity contribution in [3.05, 3.63) is 69.3 Å². The molecule has 23 heavy (non-hydrogen) atoms. The zero-order valence-electron chi connectivity index (χ0n) is 13.4. The molecule has 0 unspecified atom stereocenters. The molecule has 2 aromatic rings. The lowest BCUT2D eigenvalue weighted by molar-refractivity contribution is -0.385. The zero-order valence-corrected chi connectivity index (χ0v) is 14.2. The van der Waals surface area contributed by atoms with E-state index < -0.39 is 10.8 Å². The number of benzene rings is 2. The van der Waals surface area contributed by atoms with Crippen LogP contribution in [0.2, 0.25) is 0 Å². The fraction of sp³-hybridized carbons (Fsp3) is 0.294. The van der Waals surface area contributed by atoms with Gasteiger partial charge in [0.25, 0.3) is 5.69 Å². The molecule has 122 valence electrons. The summed E-state index contributed by atoms with van der Waals surface area (Å²) in [4.78, 5) is 10.7. The second-order valence-electron chi connectivity index (χ2n) is 5.59. The fourth-order valence-corrected chi connectivity index (χ4v) is 3.06. The van der Waals surface area contributed by atoms with Crippen LogP contribution in [-0.4, -0.2) is 15.4 Å². The largest absolute Gasteiger partial charge is 0.379 e. The van der Waals surface area contributed by atoms with Crippen LogP contribution < -0.4 is 5.32 Å². The highest BCUT2D eigenvalue weighted by Gasteiger charge is 2.14. The Kier molecular flexibility index (Phi) is 5.50. The zero-order chi connectivity index (χ0) is 17.0. The molecule has 0 bridgehead atoms. The Balaban J connectivity index is 2.19. The second kappa shape index (κ2) is 7.37. The first-order valence-electron chi connectivity index (χ1n) is 7.27. The van der Waals surface area contributed by atoms with E-state index in [0.717, 1.165) is 16.8 Å². The lowest BCUT2D eigenvalue weighted by atomic mass is 10.0. The Morgan fingerprint density at radius 1 is 1.26 bits per heavy atom. The van der Waals surface area contributed by atoms with Crippen LogP contribution in [0.25, 0.3) is 0 Å². The molecule has 2 rings (SSSR count). The number of hydrogen-bond donors (Lipinski definition) is 1. The summed E-state index contributed by atoms with van der Waals surface area (Å²) in [6.45, 7) is 3.69. The van der Waals surface area contributed by atoms with E-state index >= 15 is 0 Å². The Bertz CT molecular complexity index is 746. The number of nitro benzene ring substituents is 1. The quantitative estimate of drug-likeness (QED) is 0.642. The molecule has 0 saturated carbocycles. The summed E-state index contributed by atoms with van der Waals surface area (Å²) in [5.74, 6) is 0.514. The minimum absolute atomic E-state index is 0.0725. The van der Waals surface area contributed by atoms with Gasteiger partial charge in [-0.2, -0.15) is 0 Å². The summed E-state index contributed by atoms with van der Waals surface area (Å²) in [6.07, 6.45) is 1.67. The topological polar surface area (TPSA) is 72.2 Å². The van der Waals surface area contributed by atoms with Crippen LogP contribution in [0.4, 0.5) is 11.4 Å². The van der Waals surface area contributed by atoms with Gasteiger partial charge in [0.15, 0.2) is 0 Å². The van der Waals surface area contributed by atoms with E-state index in [-0.39, 0.29) is 16.7 Å². The molecule has 0 saturated heterocycles. The minimum atomic E-state index is -0.887. The number of nitrogens with one attached hydrogen (secondary N) is 1. The van der Waals surface area contributed by atoms with Gasteiger partial charge in [-0.05, 0) is 37.1 Å². The van der Waals surface area contributed by atoms with Gasteiger partial charge in [0.2, 0.25) is 0 Å². The van der Waals surface area contributed by atoms with Crippen molar-refractivity contribution in [1.82, 2.24) is 0 Å². The van der Waals surface area contributed by atoms with Gasteiger partial charge < -0.3 is 5.32 Å². The predicted octanol–water partition coefficient (Wildman–Crippen LogP) is 3.95. The Hall–Kier alpha value is -2.21. The van der Waals surface area contributed by atoms with Crippen molar-refractivity contribution in [2.75, 3.05) is 11.6 Å². The van der Waals surface area contributed by atoms with Crippen molar-refractivity contribution in [3.63, 3.8) is 0 Å². The predicted molar refractivity (Wildman–Crippen MR) is 94.1 cm³/mol. The van der Waals surface area contributed by atoms with E-state index in [0.29, 0.717) is 11.3 Å². The van der Waals surface area contributed by atoms with Gasteiger partial charge in [0.05, 0.1) is 4.92 Å². The first-order chi connectivity index (χ1) is 10.9. The van der Waals surface area contributed by atoms with E-state index in [1.54, 1.807) is 25.3 Å². The van der Waals surface area contributed by atoms with Crippen LogP contribution in [0.3, 0.4) is 0 Å². The third-order valence-corrected chi connectivity index (χ3v) is 4.35. The van der Waals surface area contributed by atoms with E-state index in [4.69, 9.17) is 0 Å². The minimum Gasteiger partial charge on any atom is -0.379 e. The summed E-state index contributed by atoms with van der Waals surface area (Å²) in [5, 5.41) is 14.4. The number of rotatable bonds is 6. The average molecular weight is 332 g/mol. The molecule has 0 fully saturated rings. The van der Waals surface area contributed by atoms with Crippen molar-refractivity contribution in [3.8, 4) is 0 Å². The molecule has 0 amide bonds. The van der Waals surface area contributed by atoms with Crippen LogP contribution in [0, 0.1) is 17.0 Å². The number of nitrogens with zero attached hydrogens (tertiary/aromatic N) is 1. The molecule has 0 aliphatic carbocycles. The van der Waals surface area contributed by atoms with Crippen molar-refractivity contribution in [2.45, 2.75) is 25.6 Å². The molecule has 0 heterocycles. The monoisotopic (exact) mass is 332 g/mol. The number of nitro groups is 1. The van der Waals surface area contributed by atoms with Gasteiger partial charge in [0, 0.05) is 46.2 Å². The molecule has 2 atom stereocenters. The lowest BCUT2D eigenvalue weighted by Crippen LogP contribution is -2.08. The van der Waals surface area contributed by atoms with E-state index in [9.17, 15) is 14.3 Å². The van der Waals surface area contributed by atoms with Crippen molar-refractivity contribution < 1.29 is 9.13 Å². The first-order valence-corrected chi connectivity index (χ1v) is 9.00. The van der Waals surface area contributed by atoms with Gasteiger partial charge in [-0.15, -0.1) is 0 Å².